The first kappa shape index (κ1) is 15.5. The summed E-state index contributed by atoms with van der Waals surface area (Å²) in [6, 6.07) is 2.97. The number of hydrogen-bond acceptors (Lipinski definition) is 6. The van der Waals surface area contributed by atoms with E-state index in [0.717, 1.165) is 18.5 Å². The lowest BCUT2D eigenvalue weighted by atomic mass is 10.3. The van der Waals surface area contributed by atoms with Crippen LogP contribution in [0.25, 0.3) is 0 Å². The predicted molar refractivity (Wildman–Crippen MR) is 77.1 cm³/mol. The highest BCUT2D eigenvalue weighted by atomic mass is 19.2. The summed E-state index contributed by atoms with van der Waals surface area (Å²) in [6.07, 6.45) is 1.14. The highest BCUT2D eigenvalue weighted by molar-refractivity contribution is 5.73. The zero-order valence-corrected chi connectivity index (χ0v) is 11.8. The third kappa shape index (κ3) is 3.43. The van der Waals surface area contributed by atoms with Gasteiger partial charge in [-0.3, -0.25) is 10.1 Å². The maximum Gasteiger partial charge on any atom is 0.353 e. The van der Waals surface area contributed by atoms with Crippen LogP contribution < -0.4 is 10.6 Å². The quantitative estimate of drug-likeness (QED) is 0.650. The van der Waals surface area contributed by atoms with E-state index >= 15 is 0 Å². The van der Waals surface area contributed by atoms with Crippen molar-refractivity contribution in [1.29, 1.82) is 0 Å². The van der Waals surface area contributed by atoms with E-state index in [0.29, 0.717) is 0 Å². The molecule has 0 saturated carbocycles. The van der Waals surface area contributed by atoms with Gasteiger partial charge in [0.2, 0.25) is 11.6 Å². The second kappa shape index (κ2) is 6.29. The summed E-state index contributed by atoms with van der Waals surface area (Å²) in [5.74, 6) is -2.15. The van der Waals surface area contributed by atoms with Gasteiger partial charge in [-0.1, -0.05) is 0 Å². The predicted octanol–water partition coefficient (Wildman–Crippen LogP) is 3.23. The molecule has 0 aliphatic heterocycles. The van der Waals surface area contributed by atoms with Gasteiger partial charge < -0.3 is 10.6 Å². The van der Waals surface area contributed by atoms with Crippen molar-refractivity contribution in [2.45, 2.75) is 19.9 Å². The SMILES string of the molecule is CC(C)Nc1ncnc(Nc2ccc(F)c(F)c2)c1[N+](=O)[O-]. The minimum atomic E-state index is -1.07. The van der Waals surface area contributed by atoms with Gasteiger partial charge in [-0.2, -0.15) is 0 Å². The molecule has 0 aliphatic carbocycles. The number of hydrogen-bond donors (Lipinski definition) is 2. The molecule has 0 fully saturated rings. The van der Waals surface area contributed by atoms with Crippen molar-refractivity contribution in [2.24, 2.45) is 0 Å². The van der Waals surface area contributed by atoms with Crippen molar-refractivity contribution in [3.63, 3.8) is 0 Å². The molecule has 1 heterocycles. The Balaban J connectivity index is 2.41. The van der Waals surface area contributed by atoms with Gasteiger partial charge in [-0.15, -0.1) is 0 Å². The molecule has 0 saturated heterocycles. The van der Waals surface area contributed by atoms with Gasteiger partial charge in [0, 0.05) is 17.8 Å². The Labute approximate surface area is 124 Å². The maximum atomic E-state index is 13.2. The van der Waals surface area contributed by atoms with Crippen LogP contribution in [-0.2, 0) is 0 Å². The Morgan fingerprint density at radius 2 is 1.86 bits per heavy atom. The molecule has 0 atom stereocenters. The molecule has 0 bridgehead atoms. The van der Waals surface area contributed by atoms with Crippen LogP contribution in [0.3, 0.4) is 0 Å². The van der Waals surface area contributed by atoms with Crippen molar-refractivity contribution in [2.75, 3.05) is 10.6 Å². The molecule has 1 aromatic heterocycles. The molecule has 0 unspecified atom stereocenters. The second-order valence-corrected chi connectivity index (χ2v) is 4.73. The van der Waals surface area contributed by atoms with E-state index in [1.54, 1.807) is 13.8 Å². The van der Waals surface area contributed by atoms with E-state index in [4.69, 9.17) is 0 Å². The van der Waals surface area contributed by atoms with Crippen molar-refractivity contribution < 1.29 is 13.7 Å². The highest BCUT2D eigenvalue weighted by Gasteiger charge is 2.23. The van der Waals surface area contributed by atoms with Crippen molar-refractivity contribution in [3.8, 4) is 0 Å². The molecular formula is C13H13F2N5O2. The van der Waals surface area contributed by atoms with E-state index in [2.05, 4.69) is 20.6 Å². The molecule has 2 aromatic rings. The normalized spacial score (nSPS) is 10.6. The number of nitrogens with zero attached hydrogens (tertiary/aromatic N) is 3. The Morgan fingerprint density at radius 3 is 2.45 bits per heavy atom. The zero-order valence-electron chi connectivity index (χ0n) is 11.8. The number of anilines is 3. The van der Waals surface area contributed by atoms with Crippen LogP contribution in [0.1, 0.15) is 13.8 Å². The second-order valence-electron chi connectivity index (χ2n) is 4.73. The fourth-order valence-electron chi connectivity index (χ4n) is 1.73. The Kier molecular flexibility index (Phi) is 4.44. The molecule has 9 heteroatoms. The van der Waals surface area contributed by atoms with Crippen LogP contribution in [0, 0.1) is 21.7 Å². The lowest BCUT2D eigenvalue weighted by molar-refractivity contribution is -0.383. The maximum absolute atomic E-state index is 13.2. The lowest BCUT2D eigenvalue weighted by Gasteiger charge is -2.12. The average Bonchev–Trinajstić information content (AvgIpc) is 2.42. The summed E-state index contributed by atoms with van der Waals surface area (Å²) in [5, 5.41) is 16.7. The Bertz CT molecular complexity index is 709. The fraction of sp³-hybridized carbons (Fsp3) is 0.231. The van der Waals surface area contributed by atoms with Gasteiger partial charge in [-0.05, 0) is 26.0 Å². The smallest absolute Gasteiger partial charge is 0.353 e. The summed E-state index contributed by atoms with van der Waals surface area (Å²) >= 11 is 0. The molecule has 22 heavy (non-hydrogen) atoms. The van der Waals surface area contributed by atoms with Crippen LogP contribution >= 0.6 is 0 Å². The molecule has 0 aliphatic rings. The first-order valence-electron chi connectivity index (χ1n) is 6.36. The summed E-state index contributed by atoms with van der Waals surface area (Å²) < 4.78 is 26.1. The van der Waals surface area contributed by atoms with Gasteiger partial charge in [0.05, 0.1) is 4.92 Å². The first-order valence-corrected chi connectivity index (χ1v) is 6.36. The third-order valence-electron chi connectivity index (χ3n) is 2.61. The zero-order chi connectivity index (χ0) is 16.3. The minimum absolute atomic E-state index is 0.0417. The summed E-state index contributed by atoms with van der Waals surface area (Å²) in [6.45, 7) is 3.60. The molecular weight excluding hydrogens is 296 g/mol. The molecule has 0 radical (unpaired) electrons. The summed E-state index contributed by atoms with van der Waals surface area (Å²) in [5.41, 5.74) is -0.239. The molecule has 1 aromatic carbocycles. The Morgan fingerprint density at radius 1 is 1.18 bits per heavy atom. The molecule has 2 rings (SSSR count). The molecule has 0 spiro atoms. The van der Waals surface area contributed by atoms with Gasteiger partial charge in [0.25, 0.3) is 0 Å². The van der Waals surface area contributed by atoms with E-state index < -0.39 is 16.6 Å². The van der Waals surface area contributed by atoms with E-state index in [-0.39, 0.29) is 29.1 Å². The van der Waals surface area contributed by atoms with E-state index in [1.165, 1.54) is 6.07 Å². The Hall–Kier alpha value is -2.84. The lowest BCUT2D eigenvalue weighted by Crippen LogP contribution is -2.14. The fourth-order valence-corrected chi connectivity index (χ4v) is 1.73. The van der Waals surface area contributed by atoms with Crippen LogP contribution in [0.4, 0.5) is 31.8 Å². The van der Waals surface area contributed by atoms with Gasteiger partial charge >= 0.3 is 5.69 Å². The molecule has 116 valence electrons. The van der Waals surface area contributed by atoms with Crippen LogP contribution in [-0.4, -0.2) is 20.9 Å². The van der Waals surface area contributed by atoms with Crippen molar-refractivity contribution >= 4 is 23.0 Å². The molecule has 7 nitrogen and oxygen atoms in total. The molecule has 0 amide bonds. The third-order valence-corrected chi connectivity index (χ3v) is 2.61. The van der Waals surface area contributed by atoms with Gasteiger partial charge in [0.1, 0.15) is 6.33 Å². The minimum Gasteiger partial charge on any atom is -0.362 e. The van der Waals surface area contributed by atoms with E-state index in [1.807, 2.05) is 0 Å². The largest absolute Gasteiger partial charge is 0.362 e. The first-order chi connectivity index (χ1) is 10.4. The number of benzene rings is 1. The van der Waals surface area contributed by atoms with Crippen molar-refractivity contribution in [1.82, 2.24) is 9.97 Å². The number of nitrogens with one attached hydrogen (secondary N) is 2. The average molecular weight is 309 g/mol. The van der Waals surface area contributed by atoms with Crippen molar-refractivity contribution in [3.05, 3.63) is 46.3 Å². The summed E-state index contributed by atoms with van der Waals surface area (Å²) in [4.78, 5) is 18.2. The number of rotatable bonds is 5. The van der Waals surface area contributed by atoms with Gasteiger partial charge in [-0.25, -0.2) is 18.7 Å². The van der Waals surface area contributed by atoms with Crippen LogP contribution in [0.15, 0.2) is 24.5 Å². The highest BCUT2D eigenvalue weighted by Crippen LogP contribution is 2.31. The molecule has 2 N–H and O–H groups in total. The topological polar surface area (TPSA) is 93.0 Å². The summed E-state index contributed by atoms with van der Waals surface area (Å²) in [7, 11) is 0. The number of nitro groups is 1. The monoisotopic (exact) mass is 309 g/mol. The van der Waals surface area contributed by atoms with E-state index in [9.17, 15) is 18.9 Å². The van der Waals surface area contributed by atoms with Crippen LogP contribution in [0.5, 0.6) is 0 Å². The van der Waals surface area contributed by atoms with Crippen LogP contribution in [0.2, 0.25) is 0 Å². The van der Waals surface area contributed by atoms with Gasteiger partial charge in [0.15, 0.2) is 11.6 Å². The number of aromatic nitrogens is 2. The number of halogens is 2. The standard InChI is InChI=1S/C13H13F2N5O2/c1-7(2)18-12-11(20(21)22)13(17-6-16-12)19-8-3-4-9(14)10(15)5-8/h3-7H,1-2H3,(H2,16,17,18,19).